The quantitative estimate of drug-likeness (QED) is 0.790. The first-order valence-corrected chi connectivity index (χ1v) is 9.17. The van der Waals surface area contributed by atoms with Gasteiger partial charge in [-0.2, -0.15) is 0 Å². The number of nitrogens with one attached hydrogen (secondary N) is 1. The molecule has 4 heteroatoms. The van der Waals surface area contributed by atoms with Crippen LogP contribution in [-0.2, 0) is 4.79 Å². The average Bonchev–Trinajstić information content (AvgIpc) is 2.53. The zero-order valence-corrected chi connectivity index (χ0v) is 15.5. The van der Waals surface area contributed by atoms with Crippen LogP contribution in [0.5, 0.6) is 0 Å². The van der Waals surface area contributed by atoms with E-state index in [0.717, 1.165) is 24.7 Å². The van der Waals surface area contributed by atoms with Crippen molar-refractivity contribution in [3.8, 4) is 0 Å². The van der Waals surface area contributed by atoms with Gasteiger partial charge in [-0.1, -0.05) is 12.2 Å². The van der Waals surface area contributed by atoms with Crippen LogP contribution in [-0.4, -0.2) is 61.5 Å². The summed E-state index contributed by atoms with van der Waals surface area (Å²) in [7, 11) is 2.22. The van der Waals surface area contributed by atoms with Crippen molar-refractivity contribution in [2.24, 2.45) is 11.3 Å². The summed E-state index contributed by atoms with van der Waals surface area (Å²) < 4.78 is 0. The van der Waals surface area contributed by atoms with Crippen LogP contribution in [0.1, 0.15) is 46.5 Å². The number of piperidine rings is 2. The van der Waals surface area contributed by atoms with Gasteiger partial charge in [-0.15, -0.1) is 0 Å². The van der Waals surface area contributed by atoms with Gasteiger partial charge in [-0.3, -0.25) is 9.69 Å². The van der Waals surface area contributed by atoms with Crippen molar-refractivity contribution in [1.29, 1.82) is 0 Å². The first-order valence-electron chi connectivity index (χ1n) is 9.17. The van der Waals surface area contributed by atoms with E-state index >= 15 is 0 Å². The molecule has 0 spiro atoms. The second kappa shape index (κ2) is 7.80. The fourth-order valence-electron chi connectivity index (χ4n) is 3.61. The van der Waals surface area contributed by atoms with E-state index in [1.807, 2.05) is 20.8 Å². The van der Waals surface area contributed by atoms with Crippen LogP contribution in [0.3, 0.4) is 0 Å². The Bertz CT molecular complexity index is 424. The summed E-state index contributed by atoms with van der Waals surface area (Å²) in [6, 6.07) is 0.747. The van der Waals surface area contributed by atoms with Crippen LogP contribution in [0, 0.1) is 11.3 Å². The molecule has 23 heavy (non-hydrogen) atoms. The normalized spacial score (nSPS) is 25.3. The molecule has 2 rings (SSSR count). The second-order valence-corrected chi connectivity index (χ2v) is 8.15. The Labute approximate surface area is 142 Å². The lowest BCUT2D eigenvalue weighted by molar-refractivity contribution is -0.127. The fourth-order valence-corrected chi connectivity index (χ4v) is 3.61. The molecule has 0 aromatic heterocycles. The topological polar surface area (TPSA) is 35.6 Å². The lowest BCUT2D eigenvalue weighted by Gasteiger charge is -2.42. The Morgan fingerprint density at radius 2 is 1.87 bits per heavy atom. The molecule has 0 aromatic carbocycles. The van der Waals surface area contributed by atoms with E-state index in [4.69, 9.17) is 0 Å². The zero-order valence-electron chi connectivity index (χ0n) is 15.5. The first-order chi connectivity index (χ1) is 10.8. The number of rotatable bonds is 5. The molecule has 0 aliphatic carbocycles. The van der Waals surface area contributed by atoms with Gasteiger partial charge in [-0.05, 0) is 79.1 Å². The molecule has 2 heterocycles. The lowest BCUT2D eigenvalue weighted by Crippen LogP contribution is -2.50. The number of amides is 1. The van der Waals surface area contributed by atoms with Crippen LogP contribution < -0.4 is 5.32 Å². The molecule has 0 saturated carbocycles. The molecule has 0 bridgehead atoms. The van der Waals surface area contributed by atoms with Gasteiger partial charge in [0.1, 0.15) is 0 Å². The Balaban J connectivity index is 1.80. The van der Waals surface area contributed by atoms with Crippen molar-refractivity contribution in [3.63, 3.8) is 0 Å². The second-order valence-electron chi connectivity index (χ2n) is 8.15. The third kappa shape index (κ3) is 4.80. The molecule has 1 unspecified atom stereocenters. The van der Waals surface area contributed by atoms with Crippen LogP contribution >= 0.6 is 0 Å². The largest absolute Gasteiger partial charge is 0.355 e. The molecule has 0 radical (unpaired) electrons. The van der Waals surface area contributed by atoms with E-state index in [0.29, 0.717) is 5.92 Å². The first kappa shape index (κ1) is 18.5. The third-order valence-corrected chi connectivity index (χ3v) is 5.94. The number of carbonyl (C=O) groups is 1. The predicted molar refractivity (Wildman–Crippen MR) is 96.4 cm³/mol. The number of likely N-dealkylation sites (tertiary alicyclic amines) is 2. The molecule has 1 N–H and O–H groups in total. The van der Waals surface area contributed by atoms with Gasteiger partial charge in [0.2, 0.25) is 5.91 Å². The Morgan fingerprint density at radius 1 is 1.22 bits per heavy atom. The molecule has 2 saturated heterocycles. The number of hydrogen-bond acceptors (Lipinski definition) is 3. The van der Waals surface area contributed by atoms with E-state index in [1.54, 1.807) is 0 Å². The monoisotopic (exact) mass is 321 g/mol. The summed E-state index contributed by atoms with van der Waals surface area (Å²) in [5, 5.41) is 3.17. The Morgan fingerprint density at radius 3 is 2.48 bits per heavy atom. The molecular weight excluding hydrogens is 286 g/mol. The molecule has 1 amide bonds. The maximum Gasteiger partial charge on any atom is 0.229 e. The predicted octanol–water partition coefficient (Wildman–Crippen LogP) is 2.51. The molecule has 2 aliphatic heterocycles. The number of hydrogen-bond donors (Lipinski definition) is 1. The molecular formula is C19H35N3O. The van der Waals surface area contributed by atoms with Gasteiger partial charge in [-0.25, -0.2) is 0 Å². The van der Waals surface area contributed by atoms with E-state index in [1.165, 1.54) is 45.3 Å². The summed E-state index contributed by atoms with van der Waals surface area (Å²) in [6.45, 7) is 15.4. The minimum absolute atomic E-state index is 0.112. The minimum Gasteiger partial charge on any atom is -0.355 e. The Kier molecular flexibility index (Phi) is 6.26. The Hall–Kier alpha value is -0.870. The molecule has 2 aliphatic rings. The van der Waals surface area contributed by atoms with Gasteiger partial charge in [0, 0.05) is 19.1 Å². The van der Waals surface area contributed by atoms with Gasteiger partial charge < -0.3 is 10.2 Å². The van der Waals surface area contributed by atoms with Crippen LogP contribution in [0.2, 0.25) is 0 Å². The van der Waals surface area contributed by atoms with E-state index in [9.17, 15) is 4.79 Å². The highest BCUT2D eigenvalue weighted by atomic mass is 16.2. The van der Waals surface area contributed by atoms with Gasteiger partial charge in [0.25, 0.3) is 0 Å². The highest BCUT2D eigenvalue weighted by Gasteiger charge is 2.31. The summed E-state index contributed by atoms with van der Waals surface area (Å²) in [6.07, 6.45) is 5.07. The number of nitrogens with zero attached hydrogens (tertiary/aromatic N) is 2. The molecule has 0 aromatic rings. The van der Waals surface area contributed by atoms with Crippen LogP contribution in [0.15, 0.2) is 12.2 Å². The lowest BCUT2D eigenvalue weighted by atomic mass is 9.85. The smallest absolute Gasteiger partial charge is 0.229 e. The van der Waals surface area contributed by atoms with Crippen LogP contribution in [0.4, 0.5) is 0 Å². The SMILES string of the molecule is C=C(C)C(C)(C)C(=O)NCC1CCCN(C2CCN(C)CC2)C1. The zero-order chi connectivity index (χ0) is 17.0. The summed E-state index contributed by atoms with van der Waals surface area (Å²) in [5.74, 6) is 0.703. The molecule has 2 fully saturated rings. The summed E-state index contributed by atoms with van der Waals surface area (Å²) in [4.78, 5) is 17.5. The van der Waals surface area contributed by atoms with Crippen molar-refractivity contribution < 1.29 is 4.79 Å². The maximum absolute atomic E-state index is 12.4. The highest BCUT2D eigenvalue weighted by molar-refractivity contribution is 5.84. The maximum atomic E-state index is 12.4. The fraction of sp³-hybridized carbons (Fsp3) is 0.842. The average molecular weight is 322 g/mol. The standard InChI is InChI=1S/C19H35N3O/c1-15(2)19(3,4)18(23)20-13-16-7-6-10-22(14-16)17-8-11-21(5)12-9-17/h16-17H,1,6-14H2,2-5H3,(H,20,23). The minimum atomic E-state index is -0.470. The van der Waals surface area contributed by atoms with Crippen molar-refractivity contribution in [1.82, 2.24) is 15.1 Å². The van der Waals surface area contributed by atoms with Gasteiger partial charge >= 0.3 is 0 Å². The van der Waals surface area contributed by atoms with Crippen molar-refractivity contribution in [2.45, 2.75) is 52.5 Å². The molecule has 4 nitrogen and oxygen atoms in total. The van der Waals surface area contributed by atoms with Crippen molar-refractivity contribution in [3.05, 3.63) is 12.2 Å². The third-order valence-electron chi connectivity index (χ3n) is 5.94. The summed E-state index contributed by atoms with van der Waals surface area (Å²) in [5.41, 5.74) is 0.453. The molecule has 1 atom stereocenters. The number of carbonyl (C=O) groups excluding carboxylic acids is 1. The summed E-state index contributed by atoms with van der Waals surface area (Å²) >= 11 is 0. The van der Waals surface area contributed by atoms with Crippen molar-refractivity contribution in [2.75, 3.05) is 39.8 Å². The van der Waals surface area contributed by atoms with Gasteiger partial charge in [0.05, 0.1) is 5.41 Å². The van der Waals surface area contributed by atoms with E-state index in [-0.39, 0.29) is 5.91 Å². The van der Waals surface area contributed by atoms with Crippen molar-refractivity contribution >= 4 is 5.91 Å². The van der Waals surface area contributed by atoms with Gasteiger partial charge in [0.15, 0.2) is 0 Å². The van der Waals surface area contributed by atoms with E-state index < -0.39 is 5.41 Å². The van der Waals surface area contributed by atoms with Crippen LogP contribution in [0.25, 0.3) is 0 Å². The molecule has 132 valence electrons. The highest BCUT2D eigenvalue weighted by Crippen LogP contribution is 2.26. The van der Waals surface area contributed by atoms with E-state index in [2.05, 4.69) is 28.7 Å².